The van der Waals surface area contributed by atoms with Gasteiger partial charge in [-0.1, -0.05) is 0 Å². The highest BCUT2D eigenvalue weighted by Gasteiger charge is 2.07. The van der Waals surface area contributed by atoms with E-state index in [1.54, 1.807) is 0 Å². The molecule has 0 saturated heterocycles. The number of hydrogen-bond acceptors (Lipinski definition) is 3. The quantitative estimate of drug-likeness (QED) is 0.432. The largest absolute Gasteiger partial charge is 0.355 e. The molecule has 54 valence electrons. The molecule has 0 bridgehead atoms. The minimum absolute atomic E-state index is 0.181. The van der Waals surface area contributed by atoms with Crippen LogP contribution < -0.4 is 16.8 Å². The average molecular weight is 131 g/mol. The van der Waals surface area contributed by atoms with E-state index in [0.717, 1.165) is 0 Å². The van der Waals surface area contributed by atoms with Gasteiger partial charge in [0.15, 0.2) is 0 Å². The van der Waals surface area contributed by atoms with Crippen LogP contribution in [0.1, 0.15) is 6.92 Å². The highest BCUT2D eigenvalue weighted by molar-refractivity contribution is 5.81. The molecule has 0 heterocycles. The number of nitrogens with one attached hydrogen (secondary N) is 1. The molecular formula is C5H13N3O. The maximum Gasteiger partial charge on any atom is 0.238 e. The molecule has 0 aromatic heterocycles. The van der Waals surface area contributed by atoms with Gasteiger partial charge < -0.3 is 16.8 Å². The Bertz CT molecular complexity index is 94.2. The van der Waals surface area contributed by atoms with Gasteiger partial charge in [0, 0.05) is 13.1 Å². The van der Waals surface area contributed by atoms with E-state index < -0.39 is 6.04 Å². The number of rotatable bonds is 3. The monoisotopic (exact) mass is 131 g/mol. The third-order valence-corrected chi connectivity index (χ3v) is 0.942. The predicted molar refractivity (Wildman–Crippen MR) is 35.7 cm³/mol. The summed E-state index contributed by atoms with van der Waals surface area (Å²) >= 11 is 0. The zero-order chi connectivity index (χ0) is 7.28. The standard InChI is InChI=1S/C5H13N3O/c1-2-8-5(9)4(7)3-6/h4H,2-3,6-7H2,1H3,(H,8,9). The third kappa shape index (κ3) is 3.05. The molecule has 0 fully saturated rings. The molecule has 0 radical (unpaired) electrons. The van der Waals surface area contributed by atoms with Gasteiger partial charge in [0.05, 0.1) is 6.04 Å². The Morgan fingerprint density at radius 2 is 2.33 bits per heavy atom. The molecule has 5 N–H and O–H groups in total. The number of likely N-dealkylation sites (N-methyl/N-ethyl adjacent to an activating group) is 1. The molecule has 0 aromatic carbocycles. The third-order valence-electron chi connectivity index (χ3n) is 0.942. The first-order valence-corrected chi connectivity index (χ1v) is 2.95. The molecule has 4 heteroatoms. The van der Waals surface area contributed by atoms with E-state index in [1.165, 1.54) is 0 Å². The van der Waals surface area contributed by atoms with Crippen molar-refractivity contribution >= 4 is 5.91 Å². The summed E-state index contributed by atoms with van der Waals surface area (Å²) in [4.78, 5) is 10.7. The zero-order valence-electron chi connectivity index (χ0n) is 5.55. The fourth-order valence-corrected chi connectivity index (χ4v) is 0.412. The molecule has 9 heavy (non-hydrogen) atoms. The molecule has 0 aliphatic rings. The fourth-order valence-electron chi connectivity index (χ4n) is 0.412. The molecule has 0 aromatic rings. The first-order chi connectivity index (χ1) is 4.22. The molecule has 0 rings (SSSR count). The summed E-state index contributed by atoms with van der Waals surface area (Å²) in [5, 5.41) is 2.55. The summed E-state index contributed by atoms with van der Waals surface area (Å²) in [6.45, 7) is 2.64. The van der Waals surface area contributed by atoms with Crippen molar-refractivity contribution in [2.45, 2.75) is 13.0 Å². The Kier molecular flexibility index (Phi) is 4.00. The average Bonchev–Trinajstić information content (AvgIpc) is 1.87. The van der Waals surface area contributed by atoms with Crippen LogP contribution in [0, 0.1) is 0 Å². The lowest BCUT2D eigenvalue weighted by molar-refractivity contribution is -0.122. The lowest BCUT2D eigenvalue weighted by Crippen LogP contribution is -2.45. The van der Waals surface area contributed by atoms with Crippen LogP contribution in [0.5, 0.6) is 0 Å². The molecular weight excluding hydrogens is 118 g/mol. The van der Waals surface area contributed by atoms with Crippen LogP contribution in [-0.4, -0.2) is 25.0 Å². The van der Waals surface area contributed by atoms with E-state index in [0.29, 0.717) is 6.54 Å². The molecule has 0 aliphatic carbocycles. The van der Waals surface area contributed by atoms with Crippen molar-refractivity contribution in [2.24, 2.45) is 11.5 Å². The van der Waals surface area contributed by atoms with E-state index >= 15 is 0 Å². The minimum atomic E-state index is -0.551. The Labute approximate surface area is 54.6 Å². The highest BCUT2D eigenvalue weighted by Crippen LogP contribution is 1.71. The Morgan fingerprint density at radius 1 is 1.78 bits per heavy atom. The van der Waals surface area contributed by atoms with Crippen LogP contribution in [0.3, 0.4) is 0 Å². The van der Waals surface area contributed by atoms with Crippen LogP contribution in [0.4, 0.5) is 0 Å². The van der Waals surface area contributed by atoms with Gasteiger partial charge in [-0.3, -0.25) is 4.79 Å². The molecule has 0 spiro atoms. The summed E-state index contributed by atoms with van der Waals surface area (Å²) < 4.78 is 0. The lowest BCUT2D eigenvalue weighted by Gasteiger charge is -2.06. The predicted octanol–water partition coefficient (Wildman–Crippen LogP) is -1.59. The van der Waals surface area contributed by atoms with Crippen molar-refractivity contribution < 1.29 is 4.79 Å². The Hall–Kier alpha value is -0.610. The van der Waals surface area contributed by atoms with Gasteiger partial charge in [-0.2, -0.15) is 0 Å². The van der Waals surface area contributed by atoms with Crippen molar-refractivity contribution in [2.75, 3.05) is 13.1 Å². The summed E-state index contributed by atoms with van der Waals surface area (Å²) in [6, 6.07) is -0.551. The van der Waals surface area contributed by atoms with E-state index in [1.807, 2.05) is 6.92 Å². The molecule has 0 aliphatic heterocycles. The van der Waals surface area contributed by atoms with Crippen molar-refractivity contribution in [3.05, 3.63) is 0 Å². The number of amides is 1. The van der Waals surface area contributed by atoms with Crippen LogP contribution in [0.2, 0.25) is 0 Å². The van der Waals surface area contributed by atoms with E-state index in [9.17, 15) is 4.79 Å². The van der Waals surface area contributed by atoms with Gasteiger partial charge in [-0.05, 0) is 6.92 Å². The van der Waals surface area contributed by atoms with Gasteiger partial charge in [0.25, 0.3) is 0 Å². The normalized spacial score (nSPS) is 12.8. The summed E-state index contributed by atoms with van der Waals surface area (Å²) in [5.41, 5.74) is 10.4. The van der Waals surface area contributed by atoms with E-state index in [2.05, 4.69) is 5.32 Å². The number of carbonyl (C=O) groups is 1. The number of carbonyl (C=O) groups excluding carboxylic acids is 1. The van der Waals surface area contributed by atoms with Crippen molar-refractivity contribution in [1.29, 1.82) is 0 Å². The second kappa shape index (κ2) is 4.29. The molecule has 1 unspecified atom stereocenters. The van der Waals surface area contributed by atoms with Crippen LogP contribution in [-0.2, 0) is 4.79 Å². The first kappa shape index (κ1) is 8.39. The number of nitrogens with two attached hydrogens (primary N) is 2. The Balaban J connectivity index is 3.46. The van der Waals surface area contributed by atoms with E-state index in [-0.39, 0.29) is 12.5 Å². The maximum absolute atomic E-state index is 10.7. The van der Waals surface area contributed by atoms with Crippen LogP contribution in [0.25, 0.3) is 0 Å². The molecule has 4 nitrogen and oxygen atoms in total. The topological polar surface area (TPSA) is 81.1 Å². The zero-order valence-corrected chi connectivity index (χ0v) is 5.55. The van der Waals surface area contributed by atoms with Crippen molar-refractivity contribution in [3.63, 3.8) is 0 Å². The van der Waals surface area contributed by atoms with Crippen LogP contribution in [0.15, 0.2) is 0 Å². The van der Waals surface area contributed by atoms with E-state index in [4.69, 9.17) is 11.5 Å². The summed E-state index contributed by atoms with van der Waals surface area (Å²) in [6.07, 6.45) is 0. The number of hydrogen-bond donors (Lipinski definition) is 3. The summed E-state index contributed by atoms with van der Waals surface area (Å²) in [5.74, 6) is -0.181. The molecule has 1 atom stereocenters. The highest BCUT2D eigenvalue weighted by atomic mass is 16.2. The lowest BCUT2D eigenvalue weighted by atomic mass is 10.3. The van der Waals surface area contributed by atoms with Gasteiger partial charge in [0.2, 0.25) is 5.91 Å². The maximum atomic E-state index is 10.7. The smallest absolute Gasteiger partial charge is 0.238 e. The first-order valence-electron chi connectivity index (χ1n) is 2.95. The van der Waals surface area contributed by atoms with Crippen molar-refractivity contribution in [3.8, 4) is 0 Å². The van der Waals surface area contributed by atoms with Gasteiger partial charge in [-0.15, -0.1) is 0 Å². The van der Waals surface area contributed by atoms with Crippen LogP contribution >= 0.6 is 0 Å². The Morgan fingerprint density at radius 3 is 2.67 bits per heavy atom. The summed E-state index contributed by atoms with van der Waals surface area (Å²) in [7, 11) is 0. The molecule has 0 saturated carbocycles. The fraction of sp³-hybridized carbons (Fsp3) is 0.800. The second-order valence-electron chi connectivity index (χ2n) is 1.74. The molecule has 1 amide bonds. The SMILES string of the molecule is CCNC(=O)C(N)CN. The van der Waals surface area contributed by atoms with Crippen molar-refractivity contribution in [1.82, 2.24) is 5.32 Å². The van der Waals surface area contributed by atoms with Gasteiger partial charge in [-0.25, -0.2) is 0 Å². The minimum Gasteiger partial charge on any atom is -0.355 e. The second-order valence-corrected chi connectivity index (χ2v) is 1.74. The van der Waals surface area contributed by atoms with Gasteiger partial charge >= 0.3 is 0 Å². The van der Waals surface area contributed by atoms with Gasteiger partial charge in [0.1, 0.15) is 0 Å².